The summed E-state index contributed by atoms with van der Waals surface area (Å²) < 4.78 is 19.4. The van der Waals surface area contributed by atoms with Crippen LogP contribution in [-0.2, 0) is 15.1 Å². The van der Waals surface area contributed by atoms with Crippen LogP contribution in [0.2, 0.25) is 0 Å². The summed E-state index contributed by atoms with van der Waals surface area (Å²) in [6.45, 7) is 0. The molecule has 0 aliphatic heterocycles. The summed E-state index contributed by atoms with van der Waals surface area (Å²) in [6.07, 6.45) is 0.399. The largest absolute Gasteiger partial charge is 0.311 e. The maximum atomic E-state index is 9.71. The monoisotopic (exact) mass is 135 g/mol. The smallest absolute Gasteiger partial charge is 0.230 e. The Morgan fingerprint density at radius 2 is 2.00 bits per heavy atom. The van der Waals surface area contributed by atoms with Crippen LogP contribution in [-0.4, -0.2) is 32.3 Å². The predicted molar refractivity (Wildman–Crippen MR) is 28.8 cm³/mol. The lowest BCUT2D eigenvalue weighted by Crippen LogP contribution is -2.12. The number of nitrogens with zero attached hydrogens (tertiary/aromatic N) is 1. The van der Waals surface area contributed by atoms with Gasteiger partial charge in [-0.05, 0) is 0 Å². The first-order chi connectivity index (χ1) is 3.66. The number of amides is 1. The number of hydrogen-bond acceptors (Lipinski definition) is 3. The lowest BCUT2D eigenvalue weighted by molar-refractivity contribution is -0.113. The van der Waals surface area contributed by atoms with Crippen LogP contribution in [0.1, 0.15) is 0 Å². The minimum absolute atomic E-state index is 0.399. The van der Waals surface area contributed by atoms with Crippen LogP contribution in [0, 0.1) is 0 Å². The Morgan fingerprint density at radius 3 is 2.12 bits per heavy atom. The van der Waals surface area contributed by atoms with Gasteiger partial charge in [-0.2, -0.15) is 8.42 Å². The van der Waals surface area contributed by atoms with Crippen LogP contribution in [0.25, 0.3) is 0 Å². The lowest BCUT2D eigenvalue weighted by Gasteiger charge is -1.94. The molecule has 8 heavy (non-hydrogen) atoms. The van der Waals surface area contributed by atoms with E-state index in [1.54, 1.807) is 0 Å². The van der Waals surface area contributed by atoms with E-state index in [1.165, 1.54) is 7.05 Å². The molecule has 0 rings (SSSR count). The summed E-state index contributed by atoms with van der Waals surface area (Å²) >= 11 is 0. The van der Waals surface area contributed by atoms with E-state index >= 15 is 0 Å². The molecule has 4 nitrogen and oxygen atoms in total. The lowest BCUT2D eigenvalue weighted by atomic mass is 11.0. The van der Waals surface area contributed by atoms with E-state index in [-0.39, 0.29) is 0 Å². The SMILES string of the molecule is CN(C=O)C=S(=O)=O. The van der Waals surface area contributed by atoms with Crippen molar-refractivity contribution in [1.82, 2.24) is 4.90 Å². The van der Waals surface area contributed by atoms with Gasteiger partial charge in [0.15, 0.2) is 0 Å². The molecule has 0 aliphatic carbocycles. The van der Waals surface area contributed by atoms with Gasteiger partial charge < -0.3 is 4.90 Å². The molecule has 0 aromatic rings. The van der Waals surface area contributed by atoms with Gasteiger partial charge in [0.25, 0.3) is 0 Å². The molecular weight excluding hydrogens is 130 g/mol. The van der Waals surface area contributed by atoms with Gasteiger partial charge in [0.2, 0.25) is 16.7 Å². The highest BCUT2D eigenvalue weighted by Crippen LogP contribution is 1.59. The molecule has 0 saturated carbocycles. The summed E-state index contributed by atoms with van der Waals surface area (Å²) in [5, 5.41) is 0. The van der Waals surface area contributed by atoms with Crippen molar-refractivity contribution in [1.29, 1.82) is 0 Å². The summed E-state index contributed by atoms with van der Waals surface area (Å²) in [7, 11) is -0.940. The minimum Gasteiger partial charge on any atom is -0.311 e. The third-order valence-corrected chi connectivity index (χ3v) is 0.923. The van der Waals surface area contributed by atoms with E-state index < -0.39 is 10.3 Å². The third kappa shape index (κ3) is 3.35. The molecular formula is C3H5NO3S. The van der Waals surface area contributed by atoms with Crippen LogP contribution in [0.15, 0.2) is 0 Å². The highest BCUT2D eigenvalue weighted by molar-refractivity contribution is 7.71. The van der Waals surface area contributed by atoms with Crippen molar-refractivity contribution in [3.63, 3.8) is 0 Å². The molecule has 0 radical (unpaired) electrons. The Balaban J connectivity index is 4.09. The average molecular weight is 135 g/mol. The molecule has 0 aromatic heterocycles. The number of carbonyl (C=O) groups excluding carboxylic acids is 1. The number of rotatable bonds is 2. The van der Waals surface area contributed by atoms with Gasteiger partial charge in [-0.1, -0.05) is 0 Å². The van der Waals surface area contributed by atoms with Gasteiger partial charge in [0, 0.05) is 7.05 Å². The fourth-order valence-corrected chi connectivity index (χ4v) is 0.482. The van der Waals surface area contributed by atoms with E-state index in [0.29, 0.717) is 6.41 Å². The Labute approximate surface area is 48.3 Å². The second kappa shape index (κ2) is 3.20. The van der Waals surface area contributed by atoms with Gasteiger partial charge >= 0.3 is 0 Å². The topological polar surface area (TPSA) is 54.5 Å². The van der Waals surface area contributed by atoms with Gasteiger partial charge in [0.05, 0.1) is 0 Å². The Bertz CT molecular complexity index is 185. The van der Waals surface area contributed by atoms with E-state index in [2.05, 4.69) is 0 Å². The van der Waals surface area contributed by atoms with Gasteiger partial charge in [-0.25, -0.2) is 0 Å². The normalized spacial score (nSPS) is 7.62. The van der Waals surface area contributed by atoms with Gasteiger partial charge in [0.1, 0.15) is 5.49 Å². The van der Waals surface area contributed by atoms with E-state index in [4.69, 9.17) is 0 Å². The molecule has 0 unspecified atom stereocenters. The maximum absolute atomic E-state index is 9.71. The zero-order valence-electron chi connectivity index (χ0n) is 4.23. The van der Waals surface area contributed by atoms with E-state index in [0.717, 1.165) is 10.4 Å². The van der Waals surface area contributed by atoms with Crippen LogP contribution < -0.4 is 0 Å². The van der Waals surface area contributed by atoms with Crippen LogP contribution in [0.5, 0.6) is 0 Å². The molecule has 0 heterocycles. The van der Waals surface area contributed by atoms with E-state index in [1.807, 2.05) is 0 Å². The van der Waals surface area contributed by atoms with Crippen molar-refractivity contribution in [2.45, 2.75) is 0 Å². The predicted octanol–water partition coefficient (Wildman–Crippen LogP) is -1.29. The maximum Gasteiger partial charge on any atom is 0.230 e. The molecule has 0 spiro atoms. The first-order valence-corrected chi connectivity index (χ1v) is 2.91. The first-order valence-electron chi connectivity index (χ1n) is 1.77. The Kier molecular flexibility index (Phi) is 2.86. The molecule has 0 N–H and O–H groups in total. The van der Waals surface area contributed by atoms with Crippen LogP contribution >= 0.6 is 0 Å². The molecule has 0 bridgehead atoms. The van der Waals surface area contributed by atoms with Crippen LogP contribution in [0.3, 0.4) is 0 Å². The number of hydrogen-bond donors (Lipinski definition) is 0. The van der Waals surface area contributed by atoms with E-state index in [9.17, 15) is 13.2 Å². The molecule has 1 amide bonds. The zero-order chi connectivity index (χ0) is 6.57. The zero-order valence-corrected chi connectivity index (χ0v) is 5.05. The molecule has 5 heteroatoms. The fraction of sp³-hybridized carbons (Fsp3) is 0.333. The summed E-state index contributed by atoms with van der Waals surface area (Å²) in [6, 6.07) is 0. The molecule has 46 valence electrons. The summed E-state index contributed by atoms with van der Waals surface area (Å²) in [4.78, 5) is 10.6. The quantitative estimate of drug-likeness (QED) is 0.350. The fourth-order valence-electron chi connectivity index (χ4n) is 0.161. The summed E-state index contributed by atoms with van der Waals surface area (Å²) in [5.74, 6) is 0. The second-order valence-corrected chi connectivity index (χ2v) is 1.87. The molecule has 0 saturated heterocycles. The average Bonchev–Trinajstić information content (AvgIpc) is 1.65. The van der Waals surface area contributed by atoms with Crippen molar-refractivity contribution in [3.05, 3.63) is 0 Å². The van der Waals surface area contributed by atoms with Crippen LogP contribution in [0.4, 0.5) is 0 Å². The second-order valence-electron chi connectivity index (χ2n) is 1.14. The highest BCUT2D eigenvalue weighted by Gasteiger charge is 1.81. The van der Waals surface area contributed by atoms with Crippen molar-refractivity contribution in [2.75, 3.05) is 7.05 Å². The Hall–Kier alpha value is -0.840. The molecule has 0 aromatic carbocycles. The third-order valence-electron chi connectivity index (χ3n) is 0.419. The highest BCUT2D eigenvalue weighted by atomic mass is 32.2. The van der Waals surface area contributed by atoms with Crippen molar-refractivity contribution >= 4 is 22.2 Å². The summed E-state index contributed by atoms with van der Waals surface area (Å²) in [5.41, 5.74) is 0.771. The van der Waals surface area contributed by atoms with Gasteiger partial charge in [-0.15, -0.1) is 0 Å². The molecule has 0 aliphatic rings. The molecule has 0 atom stereocenters. The van der Waals surface area contributed by atoms with Crippen molar-refractivity contribution < 1.29 is 13.2 Å². The molecule has 0 fully saturated rings. The number of carbonyl (C=O) groups is 1. The Morgan fingerprint density at radius 1 is 1.50 bits per heavy atom. The van der Waals surface area contributed by atoms with Crippen molar-refractivity contribution in [3.8, 4) is 0 Å². The van der Waals surface area contributed by atoms with Gasteiger partial charge in [-0.3, -0.25) is 4.79 Å². The minimum atomic E-state index is -2.28. The van der Waals surface area contributed by atoms with Crippen molar-refractivity contribution in [2.24, 2.45) is 0 Å². The standard InChI is InChI=1S/C3H5NO3S/c1-4(2-5)3-8(6)7/h2-3H,1H3. The first kappa shape index (κ1) is 7.16.